The van der Waals surface area contributed by atoms with E-state index in [1.54, 1.807) is 0 Å². The van der Waals surface area contributed by atoms with Crippen LogP contribution in [0.2, 0.25) is 0 Å². The first-order chi connectivity index (χ1) is 12.6. The molecule has 0 atom stereocenters. The van der Waals surface area contributed by atoms with E-state index in [0.717, 1.165) is 16.7 Å². The van der Waals surface area contributed by atoms with Crippen LogP contribution >= 0.6 is 0 Å². The van der Waals surface area contributed by atoms with E-state index < -0.39 is 0 Å². The molecule has 130 valence electrons. The standard InChI is InChI=1S/C14H12.C12H14/c1-3-11-9-10-12-7-5-6-8-14(12)13(11)4-2;1-5-11-8-7-9(3)10(4)12(11)6-2/h3-10H,1-2H2;5-8H,1-2H2,3-4H3. The zero-order valence-electron chi connectivity index (χ0n) is 15.8. The molecule has 0 aliphatic heterocycles. The van der Waals surface area contributed by atoms with Gasteiger partial charge < -0.3 is 0 Å². The van der Waals surface area contributed by atoms with Gasteiger partial charge in [0.15, 0.2) is 0 Å². The van der Waals surface area contributed by atoms with Gasteiger partial charge in [-0.05, 0) is 58.0 Å². The molecule has 0 nitrogen and oxygen atoms in total. The Kier molecular flexibility index (Phi) is 6.52. The lowest BCUT2D eigenvalue weighted by molar-refractivity contribution is 1.32. The summed E-state index contributed by atoms with van der Waals surface area (Å²) in [5.74, 6) is 0. The number of rotatable bonds is 4. The van der Waals surface area contributed by atoms with Crippen molar-refractivity contribution in [3.63, 3.8) is 0 Å². The molecule has 26 heavy (non-hydrogen) atoms. The maximum Gasteiger partial charge on any atom is -0.0106 e. The third kappa shape index (κ3) is 3.92. The molecule has 0 bridgehead atoms. The van der Waals surface area contributed by atoms with E-state index in [2.05, 4.69) is 76.6 Å². The number of benzene rings is 3. The molecule has 0 saturated heterocycles. The zero-order chi connectivity index (χ0) is 19.1. The molecule has 0 fully saturated rings. The first-order valence-corrected chi connectivity index (χ1v) is 8.69. The summed E-state index contributed by atoms with van der Waals surface area (Å²) in [7, 11) is 0. The van der Waals surface area contributed by atoms with Crippen molar-refractivity contribution in [3.05, 3.63) is 108 Å². The highest BCUT2D eigenvalue weighted by Crippen LogP contribution is 2.24. The first kappa shape index (κ1) is 19.2. The predicted octanol–water partition coefficient (Wildman–Crippen LogP) is 7.72. The summed E-state index contributed by atoms with van der Waals surface area (Å²) in [5, 5.41) is 2.48. The monoisotopic (exact) mass is 338 g/mol. The summed E-state index contributed by atoms with van der Waals surface area (Å²) >= 11 is 0. The fourth-order valence-electron chi connectivity index (χ4n) is 3.03. The van der Waals surface area contributed by atoms with Crippen LogP contribution in [0.5, 0.6) is 0 Å². The van der Waals surface area contributed by atoms with Crippen LogP contribution in [0.1, 0.15) is 33.4 Å². The van der Waals surface area contributed by atoms with Crippen LogP contribution in [0.3, 0.4) is 0 Å². The van der Waals surface area contributed by atoms with Crippen LogP contribution in [0.4, 0.5) is 0 Å². The van der Waals surface area contributed by atoms with E-state index in [-0.39, 0.29) is 0 Å². The van der Waals surface area contributed by atoms with Crippen molar-refractivity contribution in [3.8, 4) is 0 Å². The van der Waals surface area contributed by atoms with E-state index in [9.17, 15) is 0 Å². The quantitative estimate of drug-likeness (QED) is 0.457. The lowest BCUT2D eigenvalue weighted by atomic mass is 9.98. The minimum absolute atomic E-state index is 1.14. The Hall–Kier alpha value is -3.12. The second-order valence-corrected chi connectivity index (χ2v) is 6.12. The summed E-state index contributed by atoms with van der Waals surface area (Å²) in [6.45, 7) is 19.4. The summed E-state index contributed by atoms with van der Waals surface area (Å²) in [6, 6.07) is 16.7. The molecular weight excluding hydrogens is 312 g/mol. The molecule has 3 rings (SSSR count). The SMILES string of the molecule is C=Cc1ccc(C)c(C)c1C=C.C=Cc1ccc2ccccc2c1C=C. The molecule has 0 aliphatic carbocycles. The minimum Gasteiger partial charge on any atom is -0.0984 e. The van der Waals surface area contributed by atoms with Gasteiger partial charge in [-0.25, -0.2) is 0 Å². The highest BCUT2D eigenvalue weighted by Gasteiger charge is 2.01. The van der Waals surface area contributed by atoms with Crippen LogP contribution in [0.15, 0.2) is 74.8 Å². The molecule has 0 saturated carbocycles. The Labute approximate surface area is 157 Å². The van der Waals surface area contributed by atoms with Gasteiger partial charge in [-0.2, -0.15) is 0 Å². The van der Waals surface area contributed by atoms with Crippen molar-refractivity contribution >= 4 is 35.1 Å². The molecule has 0 aliphatic rings. The van der Waals surface area contributed by atoms with Crippen LogP contribution in [-0.4, -0.2) is 0 Å². The largest absolute Gasteiger partial charge is 0.0984 e. The van der Waals surface area contributed by atoms with Crippen molar-refractivity contribution < 1.29 is 0 Å². The van der Waals surface area contributed by atoms with Gasteiger partial charge in [0.25, 0.3) is 0 Å². The van der Waals surface area contributed by atoms with Gasteiger partial charge in [0.2, 0.25) is 0 Å². The molecule has 0 aromatic heterocycles. The van der Waals surface area contributed by atoms with Crippen molar-refractivity contribution in [1.82, 2.24) is 0 Å². The summed E-state index contributed by atoms with van der Waals surface area (Å²) < 4.78 is 0. The van der Waals surface area contributed by atoms with E-state index in [0.29, 0.717) is 0 Å². The van der Waals surface area contributed by atoms with Crippen molar-refractivity contribution in [1.29, 1.82) is 0 Å². The average Bonchev–Trinajstić information content (AvgIpc) is 2.69. The van der Waals surface area contributed by atoms with Gasteiger partial charge in [0.05, 0.1) is 0 Å². The molecule has 0 unspecified atom stereocenters. The molecule has 0 amide bonds. The molecule has 0 N–H and O–H groups in total. The van der Waals surface area contributed by atoms with Crippen LogP contribution in [-0.2, 0) is 0 Å². The minimum atomic E-state index is 1.14. The lowest BCUT2D eigenvalue weighted by Crippen LogP contribution is -1.89. The summed E-state index contributed by atoms with van der Waals surface area (Å²) in [5.41, 5.74) is 7.26. The van der Waals surface area contributed by atoms with Gasteiger partial charge in [0.1, 0.15) is 0 Å². The lowest BCUT2D eigenvalue weighted by Gasteiger charge is -2.07. The van der Waals surface area contributed by atoms with Gasteiger partial charge in [-0.3, -0.25) is 0 Å². The Morgan fingerprint density at radius 1 is 0.615 bits per heavy atom. The van der Waals surface area contributed by atoms with E-state index >= 15 is 0 Å². The second-order valence-electron chi connectivity index (χ2n) is 6.12. The topological polar surface area (TPSA) is 0 Å². The normalized spacial score (nSPS) is 9.77. The maximum atomic E-state index is 3.84. The molecule has 3 aromatic rings. The van der Waals surface area contributed by atoms with Crippen molar-refractivity contribution in [2.75, 3.05) is 0 Å². The summed E-state index contributed by atoms with van der Waals surface area (Å²) in [6.07, 6.45) is 7.51. The Morgan fingerprint density at radius 2 is 1.19 bits per heavy atom. The number of aryl methyl sites for hydroxylation is 1. The maximum absolute atomic E-state index is 3.84. The predicted molar refractivity (Wildman–Crippen MR) is 120 cm³/mol. The van der Waals surface area contributed by atoms with Gasteiger partial charge in [0, 0.05) is 0 Å². The molecule has 0 heterocycles. The van der Waals surface area contributed by atoms with Crippen molar-refractivity contribution in [2.45, 2.75) is 13.8 Å². The van der Waals surface area contributed by atoms with E-state index in [1.165, 1.54) is 27.5 Å². The van der Waals surface area contributed by atoms with Gasteiger partial charge >= 0.3 is 0 Å². The van der Waals surface area contributed by atoms with Crippen LogP contribution < -0.4 is 0 Å². The second kappa shape index (κ2) is 8.82. The first-order valence-electron chi connectivity index (χ1n) is 8.69. The Morgan fingerprint density at radius 3 is 1.81 bits per heavy atom. The third-order valence-corrected chi connectivity index (χ3v) is 4.67. The van der Waals surface area contributed by atoms with Crippen LogP contribution in [0, 0.1) is 13.8 Å². The number of hydrogen-bond donors (Lipinski definition) is 0. The highest BCUT2D eigenvalue weighted by molar-refractivity contribution is 5.93. The van der Waals surface area contributed by atoms with Gasteiger partial charge in [-0.15, -0.1) is 0 Å². The zero-order valence-corrected chi connectivity index (χ0v) is 15.8. The van der Waals surface area contributed by atoms with E-state index in [1.807, 2.05) is 36.4 Å². The smallest absolute Gasteiger partial charge is 0.0106 e. The molecule has 3 aromatic carbocycles. The number of fused-ring (bicyclic) bond motifs is 1. The molecule has 0 spiro atoms. The molecule has 0 heteroatoms. The fraction of sp³-hybridized carbons (Fsp3) is 0.0769. The average molecular weight is 338 g/mol. The molecular formula is C26H26. The summed E-state index contributed by atoms with van der Waals surface area (Å²) in [4.78, 5) is 0. The number of hydrogen-bond acceptors (Lipinski definition) is 0. The third-order valence-electron chi connectivity index (χ3n) is 4.67. The van der Waals surface area contributed by atoms with Crippen LogP contribution in [0.25, 0.3) is 35.1 Å². The Balaban J connectivity index is 0.000000190. The highest BCUT2D eigenvalue weighted by atomic mass is 14.1. The van der Waals surface area contributed by atoms with Gasteiger partial charge in [-0.1, -0.05) is 99.2 Å². The fourth-order valence-corrected chi connectivity index (χ4v) is 3.03. The van der Waals surface area contributed by atoms with E-state index in [4.69, 9.17) is 0 Å². The van der Waals surface area contributed by atoms with Crippen molar-refractivity contribution in [2.24, 2.45) is 0 Å². The molecule has 0 radical (unpaired) electrons. The Bertz CT molecular complexity index is 971.